The number of nitrogens with zero attached hydrogens (tertiary/aromatic N) is 1. The maximum Gasteiger partial charge on any atom is 0.332 e. The molecule has 0 radical (unpaired) electrons. The van der Waals surface area contributed by atoms with Crippen molar-refractivity contribution in [2.75, 3.05) is 19.6 Å². The summed E-state index contributed by atoms with van der Waals surface area (Å²) in [6, 6.07) is 0.197. The third-order valence-corrected chi connectivity index (χ3v) is 4.06. The van der Waals surface area contributed by atoms with Crippen LogP contribution in [0.3, 0.4) is 0 Å². The van der Waals surface area contributed by atoms with Gasteiger partial charge in [-0.25, -0.2) is 4.79 Å². The molecule has 0 aliphatic carbocycles. The van der Waals surface area contributed by atoms with Gasteiger partial charge in [-0.05, 0) is 38.6 Å². The fraction of sp³-hybridized carbons (Fsp3) is 0.857. The molecule has 0 aromatic carbocycles. The topological polar surface area (TPSA) is 78.9 Å². The van der Waals surface area contributed by atoms with Crippen LogP contribution in [0, 0.1) is 0 Å². The van der Waals surface area contributed by atoms with Crippen LogP contribution in [0.25, 0.3) is 0 Å². The molecule has 2 aliphatic rings. The summed E-state index contributed by atoms with van der Waals surface area (Å²) in [7, 11) is 0. The zero-order chi connectivity index (χ0) is 14.5. The third kappa shape index (κ3) is 3.93. The molecule has 2 heterocycles. The molecule has 1 amide bonds. The third-order valence-electron chi connectivity index (χ3n) is 4.06. The summed E-state index contributed by atoms with van der Waals surface area (Å²) in [4.78, 5) is 25.3. The van der Waals surface area contributed by atoms with Crippen molar-refractivity contribution in [2.24, 2.45) is 0 Å². The standard InChI is InChI=1S/C14H24N2O4/c1-2-7-16-8-5-10(6-9-16)15-13(17)11-3-4-12(20-11)14(18)19/h10-12H,2-9H2,1H3,(H,15,17)(H,18,19)/t11-,12+/m0/s1. The molecule has 0 saturated carbocycles. The summed E-state index contributed by atoms with van der Waals surface area (Å²) in [5.74, 6) is -1.13. The van der Waals surface area contributed by atoms with Crippen molar-refractivity contribution in [1.29, 1.82) is 0 Å². The van der Waals surface area contributed by atoms with E-state index in [4.69, 9.17) is 9.84 Å². The largest absolute Gasteiger partial charge is 0.479 e. The summed E-state index contributed by atoms with van der Waals surface area (Å²) in [5.41, 5.74) is 0. The Bertz CT molecular complexity index is 353. The zero-order valence-corrected chi connectivity index (χ0v) is 12.0. The number of likely N-dealkylation sites (tertiary alicyclic amines) is 1. The lowest BCUT2D eigenvalue weighted by molar-refractivity contribution is -0.152. The molecular weight excluding hydrogens is 260 g/mol. The SMILES string of the molecule is CCCN1CCC(NC(=O)[C@@H]2CC[C@H](C(=O)O)O2)CC1. The maximum atomic E-state index is 12.0. The van der Waals surface area contributed by atoms with Crippen molar-refractivity contribution in [3.8, 4) is 0 Å². The second-order valence-electron chi connectivity index (χ2n) is 5.65. The van der Waals surface area contributed by atoms with Crippen LogP contribution in [0.1, 0.15) is 39.0 Å². The molecule has 6 heteroatoms. The van der Waals surface area contributed by atoms with Crippen molar-refractivity contribution in [1.82, 2.24) is 10.2 Å². The number of hydrogen-bond acceptors (Lipinski definition) is 4. The van der Waals surface area contributed by atoms with E-state index in [1.807, 2.05) is 0 Å². The lowest BCUT2D eigenvalue weighted by atomic mass is 10.0. The number of rotatable bonds is 5. The molecule has 2 fully saturated rings. The van der Waals surface area contributed by atoms with E-state index in [9.17, 15) is 9.59 Å². The van der Waals surface area contributed by atoms with Crippen LogP contribution in [-0.2, 0) is 14.3 Å². The normalized spacial score (nSPS) is 28.4. The molecule has 0 spiro atoms. The molecule has 2 N–H and O–H groups in total. The molecule has 0 bridgehead atoms. The van der Waals surface area contributed by atoms with Gasteiger partial charge in [0.05, 0.1) is 0 Å². The molecule has 2 rings (SSSR count). The van der Waals surface area contributed by atoms with Gasteiger partial charge in [0.25, 0.3) is 0 Å². The molecule has 2 aliphatic heterocycles. The second kappa shape index (κ2) is 7.04. The van der Waals surface area contributed by atoms with Crippen LogP contribution in [0.2, 0.25) is 0 Å². The molecule has 2 saturated heterocycles. The fourth-order valence-corrected chi connectivity index (χ4v) is 2.92. The van der Waals surface area contributed by atoms with Gasteiger partial charge in [-0.3, -0.25) is 4.79 Å². The van der Waals surface area contributed by atoms with Crippen molar-refractivity contribution < 1.29 is 19.4 Å². The molecule has 0 aromatic rings. The van der Waals surface area contributed by atoms with Crippen LogP contribution < -0.4 is 5.32 Å². The zero-order valence-electron chi connectivity index (χ0n) is 12.0. The number of aliphatic carboxylic acids is 1. The van der Waals surface area contributed by atoms with Crippen LogP contribution in [0.5, 0.6) is 0 Å². The lowest BCUT2D eigenvalue weighted by Crippen LogP contribution is -2.47. The first-order valence-corrected chi connectivity index (χ1v) is 7.51. The van der Waals surface area contributed by atoms with Gasteiger partial charge >= 0.3 is 5.97 Å². The highest BCUT2D eigenvalue weighted by molar-refractivity contribution is 5.82. The summed E-state index contributed by atoms with van der Waals surface area (Å²) in [5, 5.41) is 11.9. The minimum Gasteiger partial charge on any atom is -0.479 e. The minimum atomic E-state index is -0.979. The number of amides is 1. The number of carbonyl (C=O) groups is 2. The molecule has 0 aromatic heterocycles. The number of ether oxygens (including phenoxy) is 1. The highest BCUT2D eigenvalue weighted by Gasteiger charge is 2.35. The predicted molar refractivity (Wildman–Crippen MR) is 73.4 cm³/mol. The highest BCUT2D eigenvalue weighted by Crippen LogP contribution is 2.20. The summed E-state index contributed by atoms with van der Waals surface area (Å²) >= 11 is 0. The molecule has 20 heavy (non-hydrogen) atoms. The molecule has 114 valence electrons. The van der Waals surface area contributed by atoms with Crippen molar-refractivity contribution >= 4 is 11.9 Å². The fourth-order valence-electron chi connectivity index (χ4n) is 2.92. The lowest BCUT2D eigenvalue weighted by Gasteiger charge is -2.32. The Kier molecular flexibility index (Phi) is 5.37. The molecule has 0 unspecified atom stereocenters. The maximum absolute atomic E-state index is 12.0. The van der Waals surface area contributed by atoms with Crippen molar-refractivity contribution in [2.45, 2.75) is 57.3 Å². The molecule has 6 nitrogen and oxygen atoms in total. The Labute approximate surface area is 119 Å². The van der Waals surface area contributed by atoms with Gasteiger partial charge in [0.2, 0.25) is 5.91 Å². The average molecular weight is 284 g/mol. The number of carboxylic acid groups (broad SMARTS) is 1. The predicted octanol–water partition coefficient (Wildman–Crippen LogP) is 0.609. The number of hydrogen-bond donors (Lipinski definition) is 2. The van der Waals surface area contributed by atoms with Gasteiger partial charge in [-0.15, -0.1) is 0 Å². The van der Waals surface area contributed by atoms with E-state index in [1.165, 1.54) is 0 Å². The van der Waals surface area contributed by atoms with E-state index in [0.717, 1.165) is 38.9 Å². The van der Waals surface area contributed by atoms with E-state index in [-0.39, 0.29) is 11.9 Å². The highest BCUT2D eigenvalue weighted by atomic mass is 16.5. The van der Waals surface area contributed by atoms with Crippen LogP contribution in [0.4, 0.5) is 0 Å². The summed E-state index contributed by atoms with van der Waals surface area (Å²) in [6.45, 7) is 5.32. The summed E-state index contributed by atoms with van der Waals surface area (Å²) in [6.07, 6.45) is 2.58. The number of nitrogens with one attached hydrogen (secondary N) is 1. The van der Waals surface area contributed by atoms with Gasteiger partial charge in [-0.1, -0.05) is 6.92 Å². The Morgan fingerprint density at radius 3 is 2.40 bits per heavy atom. The van der Waals surface area contributed by atoms with E-state index >= 15 is 0 Å². The smallest absolute Gasteiger partial charge is 0.332 e. The van der Waals surface area contributed by atoms with Crippen LogP contribution in [-0.4, -0.2) is 59.8 Å². The Hall–Kier alpha value is -1.14. The van der Waals surface area contributed by atoms with Gasteiger partial charge in [0, 0.05) is 19.1 Å². The number of carboxylic acids is 1. The summed E-state index contributed by atoms with van der Waals surface area (Å²) < 4.78 is 5.26. The number of carbonyl (C=O) groups excluding carboxylic acids is 1. The van der Waals surface area contributed by atoms with Gasteiger partial charge in [0.15, 0.2) is 6.10 Å². The van der Waals surface area contributed by atoms with Gasteiger partial charge in [-0.2, -0.15) is 0 Å². The molecular formula is C14H24N2O4. The monoisotopic (exact) mass is 284 g/mol. The minimum absolute atomic E-state index is 0.150. The molecule has 2 atom stereocenters. The van der Waals surface area contributed by atoms with E-state index in [2.05, 4.69) is 17.1 Å². The van der Waals surface area contributed by atoms with Crippen LogP contribution in [0.15, 0.2) is 0 Å². The van der Waals surface area contributed by atoms with E-state index < -0.39 is 18.2 Å². The first-order chi connectivity index (χ1) is 9.60. The average Bonchev–Trinajstić information content (AvgIpc) is 2.91. The Morgan fingerprint density at radius 2 is 1.85 bits per heavy atom. The van der Waals surface area contributed by atoms with Gasteiger partial charge in [0.1, 0.15) is 6.10 Å². The number of piperidine rings is 1. The van der Waals surface area contributed by atoms with Crippen molar-refractivity contribution in [3.05, 3.63) is 0 Å². The Morgan fingerprint density at radius 1 is 1.20 bits per heavy atom. The van der Waals surface area contributed by atoms with Crippen LogP contribution >= 0.6 is 0 Å². The first-order valence-electron chi connectivity index (χ1n) is 7.51. The van der Waals surface area contributed by atoms with E-state index in [1.54, 1.807) is 0 Å². The van der Waals surface area contributed by atoms with Gasteiger partial charge < -0.3 is 20.1 Å². The Balaban J connectivity index is 1.72. The van der Waals surface area contributed by atoms with Crippen molar-refractivity contribution in [3.63, 3.8) is 0 Å². The second-order valence-corrected chi connectivity index (χ2v) is 5.65. The first kappa shape index (κ1) is 15.3. The quantitative estimate of drug-likeness (QED) is 0.773. The van der Waals surface area contributed by atoms with E-state index in [0.29, 0.717) is 12.8 Å².